The number of ether oxygens (including phenoxy) is 1. The molecule has 1 aliphatic heterocycles. The Hall–Kier alpha value is -1.82. The second-order valence-electron chi connectivity index (χ2n) is 5.44. The predicted molar refractivity (Wildman–Crippen MR) is 83.0 cm³/mol. The van der Waals surface area contributed by atoms with Crippen molar-refractivity contribution in [1.82, 2.24) is 4.90 Å². The van der Waals surface area contributed by atoms with Gasteiger partial charge in [-0.25, -0.2) is 0 Å². The molecule has 1 unspecified atom stereocenters. The summed E-state index contributed by atoms with van der Waals surface area (Å²) in [6.45, 7) is 5.07. The lowest BCUT2D eigenvalue weighted by Gasteiger charge is -2.32. The molecule has 1 atom stereocenters. The van der Waals surface area contributed by atoms with Crippen LogP contribution in [0.3, 0.4) is 0 Å². The molecule has 1 aliphatic rings. The lowest BCUT2D eigenvalue weighted by molar-refractivity contribution is -0.384. The van der Waals surface area contributed by atoms with Crippen molar-refractivity contribution in [3.63, 3.8) is 0 Å². The van der Waals surface area contributed by atoms with Crippen LogP contribution in [0.25, 0.3) is 0 Å². The summed E-state index contributed by atoms with van der Waals surface area (Å²) < 4.78 is 5.08. The second kappa shape index (κ2) is 7.26. The Morgan fingerprint density at radius 3 is 2.71 bits per heavy atom. The van der Waals surface area contributed by atoms with E-state index in [-0.39, 0.29) is 11.4 Å². The zero-order valence-electron chi connectivity index (χ0n) is 12.7. The first-order valence-corrected chi connectivity index (χ1v) is 7.42. The van der Waals surface area contributed by atoms with Crippen molar-refractivity contribution in [3.05, 3.63) is 28.3 Å². The first-order chi connectivity index (χ1) is 10.1. The number of anilines is 1. The molecule has 0 aliphatic carbocycles. The summed E-state index contributed by atoms with van der Waals surface area (Å²) in [6.07, 6.45) is 3.78. The van der Waals surface area contributed by atoms with Crippen molar-refractivity contribution in [2.75, 3.05) is 32.1 Å². The molecule has 0 spiro atoms. The molecule has 21 heavy (non-hydrogen) atoms. The fourth-order valence-electron chi connectivity index (χ4n) is 2.76. The van der Waals surface area contributed by atoms with Crippen LogP contribution in [0.1, 0.15) is 26.2 Å². The van der Waals surface area contributed by atoms with E-state index in [4.69, 9.17) is 4.74 Å². The summed E-state index contributed by atoms with van der Waals surface area (Å²) in [4.78, 5) is 13.3. The maximum absolute atomic E-state index is 11.2. The third-order valence-corrected chi connectivity index (χ3v) is 4.00. The number of hydrogen-bond donors (Lipinski definition) is 1. The molecular formula is C15H23N3O3. The molecule has 2 rings (SSSR count). The van der Waals surface area contributed by atoms with E-state index >= 15 is 0 Å². The summed E-state index contributed by atoms with van der Waals surface area (Å²) in [5.74, 6) is 0.288. The molecule has 1 aromatic rings. The molecule has 0 aromatic heterocycles. The van der Waals surface area contributed by atoms with Crippen molar-refractivity contribution in [2.45, 2.75) is 32.2 Å². The summed E-state index contributed by atoms with van der Waals surface area (Å²) in [5, 5.41) is 14.4. The van der Waals surface area contributed by atoms with Crippen molar-refractivity contribution in [3.8, 4) is 5.75 Å². The molecule has 1 heterocycles. The van der Waals surface area contributed by atoms with Crippen LogP contribution in [0.5, 0.6) is 5.75 Å². The van der Waals surface area contributed by atoms with Crippen molar-refractivity contribution in [2.24, 2.45) is 0 Å². The van der Waals surface area contributed by atoms with Gasteiger partial charge in [-0.1, -0.05) is 12.5 Å². The molecule has 0 radical (unpaired) electrons. The highest BCUT2D eigenvalue weighted by atomic mass is 16.6. The minimum Gasteiger partial charge on any atom is -0.490 e. The predicted octanol–water partition coefficient (Wildman–Crippen LogP) is 2.89. The fourth-order valence-corrected chi connectivity index (χ4v) is 2.76. The minimum atomic E-state index is -0.396. The highest BCUT2D eigenvalue weighted by molar-refractivity contribution is 5.68. The van der Waals surface area contributed by atoms with Gasteiger partial charge in [0.15, 0.2) is 5.75 Å². The number of nitrogens with one attached hydrogen (secondary N) is 1. The molecule has 0 amide bonds. The van der Waals surface area contributed by atoms with Gasteiger partial charge in [0, 0.05) is 12.6 Å². The Labute approximate surface area is 125 Å². The van der Waals surface area contributed by atoms with Crippen LogP contribution in [-0.2, 0) is 0 Å². The minimum absolute atomic E-state index is 0.00541. The van der Waals surface area contributed by atoms with Crippen LogP contribution in [0, 0.1) is 10.1 Å². The van der Waals surface area contributed by atoms with Gasteiger partial charge < -0.3 is 10.1 Å². The fraction of sp³-hybridized carbons (Fsp3) is 0.600. The highest BCUT2D eigenvalue weighted by Gasteiger charge is 2.22. The Morgan fingerprint density at radius 1 is 1.38 bits per heavy atom. The summed E-state index contributed by atoms with van der Waals surface area (Å²) in [6, 6.07) is 5.46. The Balaban J connectivity index is 2.03. The van der Waals surface area contributed by atoms with E-state index in [1.54, 1.807) is 18.2 Å². The van der Waals surface area contributed by atoms with Gasteiger partial charge in [-0.3, -0.25) is 15.0 Å². The number of likely N-dealkylation sites (tertiary alicyclic amines) is 1. The van der Waals surface area contributed by atoms with E-state index in [0.29, 0.717) is 18.3 Å². The Bertz CT molecular complexity index is 487. The Kier molecular flexibility index (Phi) is 5.38. The molecule has 1 N–H and O–H groups in total. The van der Waals surface area contributed by atoms with Crippen LogP contribution >= 0.6 is 0 Å². The normalized spacial score (nSPS) is 17.2. The Morgan fingerprint density at radius 2 is 2.10 bits per heavy atom. The third-order valence-electron chi connectivity index (χ3n) is 4.00. The number of rotatable bonds is 6. The van der Waals surface area contributed by atoms with Crippen molar-refractivity contribution in [1.29, 1.82) is 0 Å². The maximum atomic E-state index is 11.2. The van der Waals surface area contributed by atoms with Crippen LogP contribution in [0.2, 0.25) is 0 Å². The topological polar surface area (TPSA) is 67.6 Å². The smallest absolute Gasteiger partial charge is 0.333 e. The molecule has 0 saturated carbocycles. The van der Waals surface area contributed by atoms with Crippen LogP contribution in [0.4, 0.5) is 11.4 Å². The van der Waals surface area contributed by atoms with Crippen molar-refractivity contribution < 1.29 is 9.66 Å². The van der Waals surface area contributed by atoms with E-state index in [9.17, 15) is 10.1 Å². The second-order valence-corrected chi connectivity index (χ2v) is 5.44. The summed E-state index contributed by atoms with van der Waals surface area (Å²) in [7, 11) is 1.45. The average Bonchev–Trinajstić information content (AvgIpc) is 2.52. The van der Waals surface area contributed by atoms with Crippen LogP contribution in [-0.4, -0.2) is 42.6 Å². The summed E-state index contributed by atoms with van der Waals surface area (Å²) >= 11 is 0. The number of nitrogens with zero attached hydrogens (tertiary/aromatic N) is 2. The van der Waals surface area contributed by atoms with Gasteiger partial charge in [0.2, 0.25) is 0 Å². The van der Waals surface area contributed by atoms with Gasteiger partial charge in [0.05, 0.1) is 12.0 Å². The lowest BCUT2D eigenvalue weighted by Crippen LogP contribution is -2.41. The van der Waals surface area contributed by atoms with Gasteiger partial charge in [-0.05, 0) is 45.0 Å². The van der Waals surface area contributed by atoms with Gasteiger partial charge in [0.25, 0.3) is 0 Å². The largest absolute Gasteiger partial charge is 0.490 e. The number of para-hydroxylation sites is 1. The van der Waals surface area contributed by atoms with E-state index < -0.39 is 4.92 Å². The van der Waals surface area contributed by atoms with Gasteiger partial charge in [0.1, 0.15) is 5.69 Å². The van der Waals surface area contributed by atoms with E-state index in [1.165, 1.54) is 26.4 Å². The van der Waals surface area contributed by atoms with Crippen LogP contribution in [0.15, 0.2) is 18.2 Å². The zero-order valence-corrected chi connectivity index (χ0v) is 12.7. The number of nitro benzene ring substituents is 1. The van der Waals surface area contributed by atoms with E-state index in [2.05, 4.69) is 17.1 Å². The zero-order chi connectivity index (χ0) is 15.2. The monoisotopic (exact) mass is 293 g/mol. The number of benzene rings is 1. The lowest BCUT2D eigenvalue weighted by atomic mass is 10.1. The molecule has 1 aromatic carbocycles. The van der Waals surface area contributed by atoms with Crippen molar-refractivity contribution >= 4 is 11.4 Å². The summed E-state index contributed by atoms with van der Waals surface area (Å²) in [5.41, 5.74) is 0.522. The number of nitro groups is 1. The standard InChI is InChI=1S/C15H23N3O3/c1-12(17-9-4-3-5-10-17)11-16-13-7-6-8-14(21-2)15(13)18(19)20/h6-8,12,16H,3-5,9-11H2,1-2H3. The maximum Gasteiger partial charge on any atom is 0.333 e. The van der Waals surface area contributed by atoms with Gasteiger partial charge >= 0.3 is 5.69 Å². The number of piperidine rings is 1. The number of methoxy groups -OCH3 is 1. The molecular weight excluding hydrogens is 270 g/mol. The van der Waals surface area contributed by atoms with E-state index in [0.717, 1.165) is 13.1 Å². The molecule has 116 valence electrons. The molecule has 6 nitrogen and oxygen atoms in total. The third kappa shape index (κ3) is 3.85. The molecule has 1 saturated heterocycles. The molecule has 1 fully saturated rings. The molecule has 0 bridgehead atoms. The highest BCUT2D eigenvalue weighted by Crippen LogP contribution is 2.34. The van der Waals surface area contributed by atoms with E-state index in [1.807, 2.05) is 0 Å². The first kappa shape index (κ1) is 15.6. The number of hydrogen-bond acceptors (Lipinski definition) is 5. The van der Waals surface area contributed by atoms with Crippen LogP contribution < -0.4 is 10.1 Å². The molecule has 6 heteroatoms. The average molecular weight is 293 g/mol. The van der Waals surface area contributed by atoms with Gasteiger partial charge in [-0.15, -0.1) is 0 Å². The van der Waals surface area contributed by atoms with Gasteiger partial charge in [-0.2, -0.15) is 0 Å². The SMILES string of the molecule is COc1cccc(NCC(C)N2CCCCC2)c1[N+](=O)[O-]. The quantitative estimate of drug-likeness (QED) is 0.645. The first-order valence-electron chi connectivity index (χ1n) is 7.42.